The summed E-state index contributed by atoms with van der Waals surface area (Å²) in [5.74, 6) is 0. The summed E-state index contributed by atoms with van der Waals surface area (Å²) in [5.41, 5.74) is 11.3. The molecule has 0 N–H and O–H groups in total. The van der Waals surface area contributed by atoms with E-state index >= 15 is 0 Å². The quantitative estimate of drug-likeness (QED) is 0.166. The molecule has 9 aromatic carbocycles. The molecule has 0 atom stereocenters. The minimum atomic E-state index is -0.0891. The predicted octanol–water partition coefficient (Wildman–Crippen LogP) is 15.0. The molecule has 0 spiro atoms. The number of rotatable bonds is 4. The highest BCUT2D eigenvalue weighted by Gasteiger charge is 2.37. The number of nitrogens with zero attached hydrogens (tertiary/aromatic N) is 1. The smallest absolute Gasteiger partial charge is 0.0543 e. The lowest BCUT2D eigenvalue weighted by molar-refractivity contribution is 0.660. The number of anilines is 3. The van der Waals surface area contributed by atoms with Crippen LogP contribution in [-0.2, 0) is 5.41 Å². The second-order valence-corrected chi connectivity index (χ2v) is 16.0. The lowest BCUT2D eigenvalue weighted by Crippen LogP contribution is -2.16. The Bertz CT molecular complexity index is 3090. The molecule has 1 aliphatic carbocycles. The molecule has 53 heavy (non-hydrogen) atoms. The van der Waals surface area contributed by atoms with Gasteiger partial charge in [0.05, 0.1) is 5.69 Å². The Morgan fingerprint density at radius 2 is 1.06 bits per heavy atom. The Balaban J connectivity index is 1.13. The topological polar surface area (TPSA) is 3.24 Å². The normalized spacial score (nSPS) is 13.2. The Kier molecular flexibility index (Phi) is 6.53. The minimum Gasteiger partial charge on any atom is -0.310 e. The van der Waals surface area contributed by atoms with Gasteiger partial charge in [-0.25, -0.2) is 0 Å². The van der Waals surface area contributed by atoms with Gasteiger partial charge in [0.25, 0.3) is 0 Å². The van der Waals surface area contributed by atoms with Gasteiger partial charge in [-0.15, -0.1) is 11.3 Å². The van der Waals surface area contributed by atoms with Crippen molar-refractivity contribution in [1.82, 2.24) is 0 Å². The maximum atomic E-state index is 2.48. The van der Waals surface area contributed by atoms with E-state index in [9.17, 15) is 0 Å². The van der Waals surface area contributed by atoms with E-state index in [1.807, 2.05) is 11.3 Å². The Morgan fingerprint density at radius 1 is 0.415 bits per heavy atom. The summed E-state index contributed by atoms with van der Waals surface area (Å²) in [6, 6.07) is 65.4. The van der Waals surface area contributed by atoms with Crippen molar-refractivity contribution in [2.75, 3.05) is 4.90 Å². The van der Waals surface area contributed by atoms with E-state index in [1.54, 1.807) is 0 Å². The van der Waals surface area contributed by atoms with Gasteiger partial charge in [-0.05, 0) is 103 Å². The average molecular weight is 694 g/mol. The zero-order valence-electron chi connectivity index (χ0n) is 29.6. The van der Waals surface area contributed by atoms with E-state index in [1.165, 1.54) is 91.6 Å². The van der Waals surface area contributed by atoms with Crippen LogP contribution in [-0.4, -0.2) is 0 Å². The first-order valence-electron chi connectivity index (χ1n) is 18.4. The molecule has 10 aromatic rings. The van der Waals surface area contributed by atoms with Crippen molar-refractivity contribution >= 4 is 80.9 Å². The molecule has 1 heterocycles. The third-order valence-corrected chi connectivity index (χ3v) is 12.8. The lowest BCUT2D eigenvalue weighted by Gasteiger charge is -2.29. The molecule has 1 nitrogen and oxygen atoms in total. The van der Waals surface area contributed by atoms with Crippen molar-refractivity contribution in [2.45, 2.75) is 19.3 Å². The SMILES string of the molecule is CC1(C)c2ccccc2-c2c(N(c3ccc(-c4cc5c6ccccc6ccc5c5ccccc45)cc3)c3ccc4c(c3)sc3ccccc34)cccc21. The van der Waals surface area contributed by atoms with E-state index in [2.05, 4.69) is 195 Å². The van der Waals surface area contributed by atoms with Crippen molar-refractivity contribution in [3.8, 4) is 22.3 Å². The second-order valence-electron chi connectivity index (χ2n) is 14.9. The van der Waals surface area contributed by atoms with Gasteiger partial charge in [-0.2, -0.15) is 0 Å². The van der Waals surface area contributed by atoms with Gasteiger partial charge in [-0.1, -0.05) is 147 Å². The van der Waals surface area contributed by atoms with Crippen LogP contribution in [0.3, 0.4) is 0 Å². The highest BCUT2D eigenvalue weighted by Crippen LogP contribution is 2.54. The van der Waals surface area contributed by atoms with Gasteiger partial charge >= 0.3 is 0 Å². The molecule has 0 aliphatic heterocycles. The molecule has 0 amide bonds. The van der Waals surface area contributed by atoms with Crippen molar-refractivity contribution in [3.05, 3.63) is 187 Å². The summed E-state index contributed by atoms with van der Waals surface area (Å²) in [6.45, 7) is 4.72. The average Bonchev–Trinajstić information content (AvgIpc) is 3.69. The van der Waals surface area contributed by atoms with E-state index in [4.69, 9.17) is 0 Å². The summed E-state index contributed by atoms with van der Waals surface area (Å²) >= 11 is 1.87. The fraction of sp³-hybridized carbons (Fsp3) is 0.0588. The van der Waals surface area contributed by atoms with Crippen LogP contribution in [0.25, 0.3) is 74.7 Å². The first-order chi connectivity index (χ1) is 26.0. The highest BCUT2D eigenvalue weighted by atomic mass is 32.1. The number of hydrogen-bond acceptors (Lipinski definition) is 2. The standard InChI is InChI=1S/C51H35NS/c1-51(2)45-18-9-7-17-42(45)50-46(51)19-11-20-47(50)52(35-27-29-41-40-16-8-10-21-48(40)53-49(41)30-35)34-25-22-33(23-26-34)43-31-44-36-13-4-3-12-32(36)24-28-39(44)37-14-5-6-15-38(37)43/h3-31H,1-2H3. The van der Waals surface area contributed by atoms with Crippen LogP contribution < -0.4 is 4.90 Å². The summed E-state index contributed by atoms with van der Waals surface area (Å²) in [5, 5.41) is 10.3. The number of benzene rings is 9. The summed E-state index contributed by atoms with van der Waals surface area (Å²) in [6.07, 6.45) is 0. The molecule has 2 heteroatoms. The van der Waals surface area contributed by atoms with Gasteiger partial charge in [-0.3, -0.25) is 0 Å². The molecule has 1 aliphatic rings. The molecular formula is C51H35NS. The van der Waals surface area contributed by atoms with Crippen LogP contribution in [0.4, 0.5) is 17.1 Å². The van der Waals surface area contributed by atoms with Gasteiger partial charge in [0.2, 0.25) is 0 Å². The monoisotopic (exact) mass is 693 g/mol. The third kappa shape index (κ3) is 4.49. The van der Waals surface area contributed by atoms with Crippen LogP contribution in [0.15, 0.2) is 176 Å². The molecular weight excluding hydrogens is 659 g/mol. The fourth-order valence-electron chi connectivity index (χ4n) is 9.09. The largest absolute Gasteiger partial charge is 0.310 e. The fourth-order valence-corrected chi connectivity index (χ4v) is 10.2. The van der Waals surface area contributed by atoms with E-state index < -0.39 is 0 Å². The Hall–Kier alpha value is -6.22. The van der Waals surface area contributed by atoms with Crippen molar-refractivity contribution in [1.29, 1.82) is 0 Å². The molecule has 11 rings (SSSR count). The predicted molar refractivity (Wildman–Crippen MR) is 230 cm³/mol. The van der Waals surface area contributed by atoms with E-state index in [0.717, 1.165) is 11.4 Å². The van der Waals surface area contributed by atoms with Gasteiger partial charge in [0.1, 0.15) is 0 Å². The van der Waals surface area contributed by atoms with Crippen LogP contribution in [0.1, 0.15) is 25.0 Å². The van der Waals surface area contributed by atoms with E-state index in [-0.39, 0.29) is 5.41 Å². The van der Waals surface area contributed by atoms with Gasteiger partial charge in [0.15, 0.2) is 0 Å². The lowest BCUT2D eigenvalue weighted by atomic mass is 9.82. The van der Waals surface area contributed by atoms with Gasteiger partial charge < -0.3 is 4.90 Å². The zero-order chi connectivity index (χ0) is 35.3. The first-order valence-corrected chi connectivity index (χ1v) is 19.2. The summed E-state index contributed by atoms with van der Waals surface area (Å²) in [4.78, 5) is 2.48. The maximum absolute atomic E-state index is 2.48. The molecule has 0 radical (unpaired) electrons. The molecule has 0 bridgehead atoms. The molecule has 250 valence electrons. The third-order valence-electron chi connectivity index (χ3n) is 11.7. The minimum absolute atomic E-state index is 0.0891. The molecule has 1 aromatic heterocycles. The molecule has 0 saturated heterocycles. The van der Waals surface area contributed by atoms with Crippen molar-refractivity contribution in [2.24, 2.45) is 0 Å². The van der Waals surface area contributed by atoms with Gasteiger partial charge in [0, 0.05) is 42.5 Å². The van der Waals surface area contributed by atoms with Crippen LogP contribution in [0, 0.1) is 0 Å². The molecule has 0 unspecified atom stereocenters. The highest BCUT2D eigenvalue weighted by molar-refractivity contribution is 7.25. The Morgan fingerprint density at radius 3 is 1.92 bits per heavy atom. The maximum Gasteiger partial charge on any atom is 0.0543 e. The number of fused-ring (bicyclic) bond motifs is 11. The Labute approximate surface area is 313 Å². The number of thiophene rings is 1. The molecule has 0 saturated carbocycles. The van der Waals surface area contributed by atoms with Crippen molar-refractivity contribution in [3.63, 3.8) is 0 Å². The number of hydrogen-bond donors (Lipinski definition) is 0. The van der Waals surface area contributed by atoms with Crippen LogP contribution in [0.2, 0.25) is 0 Å². The summed E-state index contributed by atoms with van der Waals surface area (Å²) in [7, 11) is 0. The zero-order valence-corrected chi connectivity index (χ0v) is 30.4. The first kappa shape index (κ1) is 30.4. The van der Waals surface area contributed by atoms with Crippen LogP contribution >= 0.6 is 11.3 Å². The second kappa shape index (κ2) is 11.4. The molecule has 0 fully saturated rings. The summed E-state index contributed by atoms with van der Waals surface area (Å²) < 4.78 is 2.62. The van der Waals surface area contributed by atoms with Crippen LogP contribution in [0.5, 0.6) is 0 Å². The van der Waals surface area contributed by atoms with E-state index in [0.29, 0.717) is 0 Å². The van der Waals surface area contributed by atoms with Crippen molar-refractivity contribution < 1.29 is 0 Å².